The van der Waals surface area contributed by atoms with E-state index in [0.29, 0.717) is 0 Å². The van der Waals surface area contributed by atoms with Crippen LogP contribution in [-0.4, -0.2) is 24.9 Å². The lowest BCUT2D eigenvalue weighted by molar-refractivity contribution is 0.112. The van der Waals surface area contributed by atoms with E-state index in [1.165, 1.54) is 30.6 Å². The van der Waals surface area contributed by atoms with Crippen molar-refractivity contribution < 1.29 is 4.79 Å². The maximum atomic E-state index is 10.7. The molecule has 0 spiro atoms. The third-order valence-corrected chi connectivity index (χ3v) is 3.55. The Bertz CT molecular complexity index is 322. The Morgan fingerprint density at radius 2 is 2.20 bits per heavy atom. The summed E-state index contributed by atoms with van der Waals surface area (Å²) in [4.78, 5) is 17.9. The van der Waals surface area contributed by atoms with Crippen LogP contribution < -0.4 is 4.90 Å². The maximum absolute atomic E-state index is 10.7. The number of nitrogens with zero attached hydrogens (tertiary/aromatic N) is 2. The molecule has 0 aliphatic heterocycles. The first-order valence-corrected chi connectivity index (χ1v) is 6.14. The summed E-state index contributed by atoms with van der Waals surface area (Å²) in [5.41, 5.74) is 0.840. The minimum atomic E-state index is 0.743. The van der Waals surface area contributed by atoms with Crippen molar-refractivity contribution in [3.63, 3.8) is 0 Å². The molecule has 0 atom stereocenters. The molecule has 1 heterocycles. The molecule has 15 heavy (non-hydrogen) atoms. The smallest absolute Gasteiger partial charge is 0.185 e. The van der Waals surface area contributed by atoms with Gasteiger partial charge in [-0.05, 0) is 13.3 Å². The first-order valence-electron chi connectivity index (χ1n) is 5.32. The molecule has 0 N–H and O–H groups in total. The van der Waals surface area contributed by atoms with E-state index in [-0.39, 0.29) is 0 Å². The molecule has 0 unspecified atom stereocenters. The van der Waals surface area contributed by atoms with Crippen LogP contribution >= 0.6 is 11.3 Å². The molecule has 0 aromatic carbocycles. The maximum Gasteiger partial charge on any atom is 0.185 e. The van der Waals surface area contributed by atoms with E-state index < -0.39 is 0 Å². The van der Waals surface area contributed by atoms with Crippen LogP contribution in [0.4, 0.5) is 5.13 Å². The van der Waals surface area contributed by atoms with E-state index in [4.69, 9.17) is 0 Å². The molecule has 84 valence electrons. The third-order valence-electron chi connectivity index (χ3n) is 2.35. The van der Waals surface area contributed by atoms with Crippen molar-refractivity contribution in [1.29, 1.82) is 0 Å². The van der Waals surface area contributed by atoms with E-state index in [2.05, 4.69) is 16.8 Å². The number of anilines is 1. The minimum Gasteiger partial charge on any atom is -0.351 e. The van der Waals surface area contributed by atoms with Gasteiger partial charge in [-0.25, -0.2) is 4.98 Å². The summed E-state index contributed by atoms with van der Waals surface area (Å²) in [5, 5.41) is 0.950. The van der Waals surface area contributed by atoms with E-state index in [0.717, 1.165) is 28.5 Å². The molecular weight excluding hydrogens is 208 g/mol. The third kappa shape index (κ3) is 3.30. The molecule has 0 fully saturated rings. The fraction of sp³-hybridized carbons (Fsp3) is 0.636. The van der Waals surface area contributed by atoms with Crippen LogP contribution in [0.2, 0.25) is 0 Å². The van der Waals surface area contributed by atoms with Crippen molar-refractivity contribution in [2.24, 2.45) is 0 Å². The molecule has 1 rings (SSSR count). The lowest BCUT2D eigenvalue weighted by Gasteiger charge is -2.14. The molecule has 1 aromatic rings. The highest BCUT2D eigenvalue weighted by Crippen LogP contribution is 2.23. The average molecular weight is 226 g/mol. The van der Waals surface area contributed by atoms with E-state index >= 15 is 0 Å². The predicted octanol–water partition coefficient (Wildman–Crippen LogP) is 2.89. The van der Waals surface area contributed by atoms with Crippen molar-refractivity contribution in [2.45, 2.75) is 33.1 Å². The zero-order chi connectivity index (χ0) is 11.3. The second kappa shape index (κ2) is 5.85. The second-order valence-corrected chi connectivity index (χ2v) is 4.70. The van der Waals surface area contributed by atoms with Gasteiger partial charge in [-0.3, -0.25) is 4.79 Å². The van der Waals surface area contributed by atoms with E-state index in [1.807, 2.05) is 14.0 Å². The Kier molecular flexibility index (Phi) is 4.75. The molecule has 4 heteroatoms. The average Bonchev–Trinajstić information content (AvgIpc) is 2.60. The highest BCUT2D eigenvalue weighted by molar-refractivity contribution is 7.17. The molecular formula is C11H18N2OS. The minimum absolute atomic E-state index is 0.743. The van der Waals surface area contributed by atoms with Crippen LogP contribution in [-0.2, 0) is 0 Å². The number of unbranched alkanes of at least 4 members (excludes halogenated alkanes) is 2. The summed E-state index contributed by atoms with van der Waals surface area (Å²) < 4.78 is 0. The summed E-state index contributed by atoms with van der Waals surface area (Å²) in [7, 11) is 2.03. The van der Waals surface area contributed by atoms with Crippen LogP contribution in [0.25, 0.3) is 0 Å². The van der Waals surface area contributed by atoms with Gasteiger partial charge in [0, 0.05) is 13.6 Å². The Hall–Kier alpha value is -0.900. The Morgan fingerprint density at radius 3 is 2.73 bits per heavy atom. The first kappa shape index (κ1) is 12.2. The van der Waals surface area contributed by atoms with Gasteiger partial charge in [-0.15, -0.1) is 0 Å². The summed E-state index contributed by atoms with van der Waals surface area (Å²) in [6.45, 7) is 5.08. The standard InChI is InChI=1S/C11H18N2OS/c1-4-5-6-7-13(3)11-12-9(2)10(8-14)15-11/h8H,4-7H2,1-3H3. The van der Waals surface area contributed by atoms with Crippen molar-refractivity contribution >= 4 is 22.8 Å². The normalized spacial score (nSPS) is 10.3. The highest BCUT2D eigenvalue weighted by Gasteiger charge is 2.09. The van der Waals surface area contributed by atoms with Gasteiger partial charge in [-0.1, -0.05) is 31.1 Å². The number of aromatic nitrogens is 1. The van der Waals surface area contributed by atoms with Crippen LogP contribution in [0.5, 0.6) is 0 Å². The van der Waals surface area contributed by atoms with E-state index in [9.17, 15) is 4.79 Å². The predicted molar refractivity (Wildman–Crippen MR) is 65.0 cm³/mol. The Labute approximate surface area is 95.1 Å². The van der Waals surface area contributed by atoms with Crippen molar-refractivity contribution in [1.82, 2.24) is 4.98 Å². The van der Waals surface area contributed by atoms with Gasteiger partial charge in [0.05, 0.1) is 10.6 Å². The molecule has 0 radical (unpaired) electrons. The number of thiazole rings is 1. The molecule has 0 saturated carbocycles. The van der Waals surface area contributed by atoms with Crippen molar-refractivity contribution in [3.8, 4) is 0 Å². The molecule has 3 nitrogen and oxygen atoms in total. The summed E-state index contributed by atoms with van der Waals surface area (Å²) in [6, 6.07) is 0. The molecule has 0 aliphatic rings. The number of aryl methyl sites for hydroxylation is 1. The van der Waals surface area contributed by atoms with Crippen LogP contribution in [0.3, 0.4) is 0 Å². The molecule has 0 saturated heterocycles. The number of hydrogen-bond donors (Lipinski definition) is 0. The Balaban J connectivity index is 2.57. The lowest BCUT2D eigenvalue weighted by atomic mass is 10.2. The van der Waals surface area contributed by atoms with E-state index in [1.54, 1.807) is 0 Å². The largest absolute Gasteiger partial charge is 0.351 e. The number of aldehydes is 1. The van der Waals surface area contributed by atoms with Gasteiger partial charge in [0.1, 0.15) is 0 Å². The fourth-order valence-electron chi connectivity index (χ4n) is 1.36. The van der Waals surface area contributed by atoms with Gasteiger partial charge in [0.15, 0.2) is 11.4 Å². The number of carbonyl (C=O) groups excluding carboxylic acids is 1. The van der Waals surface area contributed by atoms with Crippen molar-refractivity contribution in [2.75, 3.05) is 18.5 Å². The van der Waals surface area contributed by atoms with Gasteiger partial charge >= 0.3 is 0 Å². The zero-order valence-corrected chi connectivity index (χ0v) is 10.4. The molecule has 0 amide bonds. The molecule has 0 bridgehead atoms. The quantitative estimate of drug-likeness (QED) is 0.552. The molecule has 1 aromatic heterocycles. The van der Waals surface area contributed by atoms with Gasteiger partial charge in [0.25, 0.3) is 0 Å². The number of carbonyl (C=O) groups is 1. The first-order chi connectivity index (χ1) is 7.19. The van der Waals surface area contributed by atoms with Crippen LogP contribution in [0, 0.1) is 6.92 Å². The van der Waals surface area contributed by atoms with Gasteiger partial charge in [-0.2, -0.15) is 0 Å². The number of rotatable bonds is 6. The summed E-state index contributed by atoms with van der Waals surface area (Å²) in [6.07, 6.45) is 4.54. The monoisotopic (exact) mass is 226 g/mol. The van der Waals surface area contributed by atoms with Crippen LogP contribution in [0.1, 0.15) is 41.6 Å². The highest BCUT2D eigenvalue weighted by atomic mass is 32.1. The van der Waals surface area contributed by atoms with Gasteiger partial charge < -0.3 is 4.90 Å². The SMILES string of the molecule is CCCCCN(C)c1nc(C)c(C=O)s1. The topological polar surface area (TPSA) is 33.2 Å². The fourth-order valence-corrected chi connectivity index (χ4v) is 2.23. The van der Waals surface area contributed by atoms with Crippen LogP contribution in [0.15, 0.2) is 0 Å². The summed E-state index contributed by atoms with van der Waals surface area (Å²) in [5.74, 6) is 0. The number of hydrogen-bond acceptors (Lipinski definition) is 4. The zero-order valence-electron chi connectivity index (χ0n) is 9.62. The van der Waals surface area contributed by atoms with Crippen molar-refractivity contribution in [3.05, 3.63) is 10.6 Å². The lowest BCUT2D eigenvalue weighted by Crippen LogP contribution is -2.18. The second-order valence-electron chi connectivity index (χ2n) is 3.69. The van der Waals surface area contributed by atoms with Gasteiger partial charge in [0.2, 0.25) is 0 Å². The molecule has 0 aliphatic carbocycles. The Morgan fingerprint density at radius 1 is 1.47 bits per heavy atom. The summed E-state index contributed by atoms with van der Waals surface area (Å²) >= 11 is 1.47.